The minimum absolute atomic E-state index is 0.0332. The van der Waals surface area contributed by atoms with Gasteiger partial charge in [-0.1, -0.05) is 6.07 Å². The van der Waals surface area contributed by atoms with Gasteiger partial charge in [0.1, 0.15) is 5.75 Å². The van der Waals surface area contributed by atoms with E-state index < -0.39 is 10.0 Å². The molecule has 0 spiro atoms. The molecule has 3 rings (SSSR count). The molecule has 2 aliphatic rings. The molecule has 1 aromatic rings. The van der Waals surface area contributed by atoms with Crippen LogP contribution < -0.4 is 4.74 Å². The molecule has 2 saturated heterocycles. The molecule has 2 aliphatic heterocycles. The summed E-state index contributed by atoms with van der Waals surface area (Å²) < 4.78 is 33.1. The fraction of sp³-hybridized carbons (Fsp3) is 0.588. The van der Waals surface area contributed by atoms with Gasteiger partial charge in [0.15, 0.2) is 0 Å². The Balaban J connectivity index is 1.95. The number of likely N-dealkylation sites (tertiary alicyclic amines) is 1. The maximum atomic E-state index is 13.2. The number of carbonyl (C=O) groups is 1. The van der Waals surface area contributed by atoms with Crippen molar-refractivity contribution >= 4 is 15.9 Å². The van der Waals surface area contributed by atoms with E-state index in [1.165, 1.54) is 7.11 Å². The Morgan fingerprint density at radius 2 is 1.92 bits per heavy atom. The van der Waals surface area contributed by atoms with Gasteiger partial charge in [0.25, 0.3) is 0 Å². The van der Waals surface area contributed by atoms with Gasteiger partial charge < -0.3 is 9.64 Å². The number of amides is 1. The Kier molecular flexibility index (Phi) is 4.83. The smallest absolute Gasteiger partial charge is 0.243 e. The summed E-state index contributed by atoms with van der Waals surface area (Å²) in [6.45, 7) is 0.503. The van der Waals surface area contributed by atoms with Crippen molar-refractivity contribution in [3.05, 3.63) is 24.3 Å². The SMILES string of the molecule is COc1cccc(S(=O)(=O)N2CCC[C@@H]3[C@H]2CCCC(=O)N3C)c1. The lowest BCUT2D eigenvalue weighted by Gasteiger charge is -2.42. The summed E-state index contributed by atoms with van der Waals surface area (Å²) in [4.78, 5) is 14.1. The van der Waals surface area contributed by atoms with Crippen molar-refractivity contribution in [2.75, 3.05) is 20.7 Å². The van der Waals surface area contributed by atoms with E-state index >= 15 is 0 Å². The fourth-order valence-electron chi connectivity index (χ4n) is 3.81. The Morgan fingerprint density at radius 1 is 1.17 bits per heavy atom. The van der Waals surface area contributed by atoms with Crippen LogP contribution in [0.25, 0.3) is 0 Å². The predicted octanol–water partition coefficient (Wildman–Crippen LogP) is 1.86. The van der Waals surface area contributed by atoms with Crippen LogP contribution in [0.1, 0.15) is 32.1 Å². The van der Waals surface area contributed by atoms with E-state index in [0.29, 0.717) is 18.7 Å². The van der Waals surface area contributed by atoms with E-state index in [9.17, 15) is 13.2 Å². The zero-order valence-electron chi connectivity index (χ0n) is 14.1. The predicted molar refractivity (Wildman–Crippen MR) is 90.3 cm³/mol. The van der Waals surface area contributed by atoms with Gasteiger partial charge in [-0.2, -0.15) is 4.31 Å². The summed E-state index contributed by atoms with van der Waals surface area (Å²) in [5, 5.41) is 0. The molecule has 2 atom stereocenters. The van der Waals surface area contributed by atoms with Crippen LogP contribution in [0.3, 0.4) is 0 Å². The highest BCUT2D eigenvalue weighted by Gasteiger charge is 2.42. The Bertz CT molecular complexity index is 719. The number of benzene rings is 1. The van der Waals surface area contributed by atoms with Crippen molar-refractivity contribution in [3.8, 4) is 5.75 Å². The average Bonchev–Trinajstić information content (AvgIpc) is 2.74. The van der Waals surface area contributed by atoms with E-state index in [4.69, 9.17) is 4.74 Å². The second kappa shape index (κ2) is 6.72. The van der Waals surface area contributed by atoms with Gasteiger partial charge in [0, 0.05) is 38.2 Å². The molecule has 0 saturated carbocycles. The van der Waals surface area contributed by atoms with Crippen molar-refractivity contribution < 1.29 is 17.9 Å². The lowest BCUT2D eigenvalue weighted by Crippen LogP contribution is -2.56. The van der Waals surface area contributed by atoms with Crippen LogP contribution in [0.15, 0.2) is 29.2 Å². The number of fused-ring (bicyclic) bond motifs is 1. The lowest BCUT2D eigenvalue weighted by molar-refractivity contribution is -0.132. The molecule has 6 nitrogen and oxygen atoms in total. The monoisotopic (exact) mass is 352 g/mol. The zero-order chi connectivity index (χ0) is 17.3. The van der Waals surface area contributed by atoms with Crippen LogP contribution in [0, 0.1) is 0 Å². The van der Waals surface area contributed by atoms with Gasteiger partial charge in [0.2, 0.25) is 15.9 Å². The number of hydrogen-bond donors (Lipinski definition) is 0. The standard InChI is InChI=1S/C17H24N2O4S/c1-18-15-9-5-11-19(16(15)8-4-10-17(18)20)24(21,22)14-7-3-6-13(12-14)23-2/h3,6-7,12,15-16H,4-5,8-11H2,1-2H3/t15-,16-/m1/s1. The normalized spacial score (nSPS) is 25.9. The molecule has 24 heavy (non-hydrogen) atoms. The van der Waals surface area contributed by atoms with Crippen molar-refractivity contribution in [1.29, 1.82) is 0 Å². The first-order valence-electron chi connectivity index (χ1n) is 8.36. The van der Waals surface area contributed by atoms with E-state index in [-0.39, 0.29) is 22.9 Å². The van der Waals surface area contributed by atoms with E-state index in [2.05, 4.69) is 0 Å². The third kappa shape index (κ3) is 3.02. The highest BCUT2D eigenvalue weighted by atomic mass is 32.2. The molecule has 1 aromatic carbocycles. The van der Waals surface area contributed by atoms with Crippen LogP contribution in [-0.2, 0) is 14.8 Å². The summed E-state index contributed by atoms with van der Waals surface area (Å²) in [6.07, 6.45) is 3.58. The Labute approximate surface area is 143 Å². The number of rotatable bonds is 3. The van der Waals surface area contributed by atoms with Crippen molar-refractivity contribution in [2.24, 2.45) is 0 Å². The minimum atomic E-state index is -3.61. The van der Waals surface area contributed by atoms with Gasteiger partial charge >= 0.3 is 0 Å². The molecule has 0 aliphatic carbocycles. The Morgan fingerprint density at radius 3 is 2.67 bits per heavy atom. The van der Waals surface area contributed by atoms with Gasteiger partial charge in [0.05, 0.1) is 12.0 Å². The minimum Gasteiger partial charge on any atom is -0.497 e. The summed E-state index contributed by atoms with van der Waals surface area (Å²) in [7, 11) is -0.286. The number of likely N-dealkylation sites (N-methyl/N-ethyl adjacent to an activating group) is 1. The number of sulfonamides is 1. The second-order valence-corrected chi connectivity index (χ2v) is 8.36. The summed E-state index contributed by atoms with van der Waals surface area (Å²) in [6, 6.07) is 6.41. The second-order valence-electron chi connectivity index (χ2n) is 6.47. The highest BCUT2D eigenvalue weighted by molar-refractivity contribution is 7.89. The largest absolute Gasteiger partial charge is 0.497 e. The summed E-state index contributed by atoms with van der Waals surface area (Å²) in [5.74, 6) is 0.640. The first-order chi connectivity index (χ1) is 11.4. The van der Waals surface area contributed by atoms with Crippen LogP contribution in [0.5, 0.6) is 5.75 Å². The molecule has 2 heterocycles. The van der Waals surface area contributed by atoms with Crippen LogP contribution in [-0.4, -0.2) is 56.3 Å². The van der Waals surface area contributed by atoms with E-state index in [1.807, 2.05) is 0 Å². The number of ether oxygens (including phenoxy) is 1. The van der Waals surface area contributed by atoms with Gasteiger partial charge in [-0.15, -0.1) is 0 Å². The third-order valence-electron chi connectivity index (χ3n) is 5.12. The van der Waals surface area contributed by atoms with Gasteiger partial charge in [-0.3, -0.25) is 4.79 Å². The number of hydrogen-bond acceptors (Lipinski definition) is 4. The molecular weight excluding hydrogens is 328 g/mol. The lowest BCUT2D eigenvalue weighted by atomic mass is 9.95. The quantitative estimate of drug-likeness (QED) is 0.833. The third-order valence-corrected chi connectivity index (χ3v) is 7.04. The maximum absolute atomic E-state index is 13.2. The molecule has 0 radical (unpaired) electrons. The molecule has 132 valence electrons. The first kappa shape index (κ1) is 17.2. The van der Waals surface area contributed by atoms with Crippen LogP contribution in [0.4, 0.5) is 0 Å². The number of carbonyl (C=O) groups excluding carboxylic acids is 1. The van der Waals surface area contributed by atoms with E-state index in [1.54, 1.807) is 40.5 Å². The number of methoxy groups -OCH3 is 1. The average molecular weight is 352 g/mol. The summed E-state index contributed by atoms with van der Waals surface area (Å²) >= 11 is 0. The molecule has 7 heteroatoms. The maximum Gasteiger partial charge on any atom is 0.243 e. The van der Waals surface area contributed by atoms with E-state index in [0.717, 1.165) is 25.7 Å². The molecule has 0 N–H and O–H groups in total. The first-order valence-corrected chi connectivity index (χ1v) is 9.80. The van der Waals surface area contributed by atoms with Crippen molar-refractivity contribution in [1.82, 2.24) is 9.21 Å². The molecular formula is C17H24N2O4S. The van der Waals surface area contributed by atoms with Crippen molar-refractivity contribution in [3.63, 3.8) is 0 Å². The molecule has 1 amide bonds. The fourth-order valence-corrected chi connectivity index (χ4v) is 5.57. The Hall–Kier alpha value is -1.60. The van der Waals surface area contributed by atoms with Crippen molar-refractivity contribution in [2.45, 2.75) is 49.1 Å². The number of piperidine rings is 1. The highest BCUT2D eigenvalue weighted by Crippen LogP contribution is 2.33. The van der Waals surface area contributed by atoms with Crippen LogP contribution in [0.2, 0.25) is 0 Å². The van der Waals surface area contributed by atoms with Gasteiger partial charge in [-0.25, -0.2) is 8.42 Å². The molecule has 2 fully saturated rings. The topological polar surface area (TPSA) is 66.9 Å². The summed E-state index contributed by atoms with van der Waals surface area (Å²) in [5.41, 5.74) is 0. The number of nitrogens with zero attached hydrogens (tertiary/aromatic N) is 2. The molecule has 0 aromatic heterocycles. The molecule has 0 bridgehead atoms. The van der Waals surface area contributed by atoms with Gasteiger partial charge in [-0.05, 0) is 37.8 Å². The molecule has 0 unspecified atom stereocenters. The zero-order valence-corrected chi connectivity index (χ0v) is 15.0. The van der Waals surface area contributed by atoms with Crippen LogP contribution >= 0.6 is 0 Å².